The van der Waals surface area contributed by atoms with Crippen molar-refractivity contribution in [2.75, 3.05) is 19.6 Å². The molecule has 0 bridgehead atoms. The van der Waals surface area contributed by atoms with Crippen molar-refractivity contribution in [2.45, 2.75) is 44.6 Å². The van der Waals surface area contributed by atoms with Gasteiger partial charge in [-0.1, -0.05) is 12.8 Å². The van der Waals surface area contributed by atoms with E-state index in [9.17, 15) is 9.59 Å². The lowest BCUT2D eigenvalue weighted by atomic mass is 9.78. The minimum atomic E-state index is -0.263. The van der Waals surface area contributed by atoms with Crippen LogP contribution < -0.4 is 11.1 Å². The van der Waals surface area contributed by atoms with E-state index < -0.39 is 0 Å². The van der Waals surface area contributed by atoms with Gasteiger partial charge in [0.1, 0.15) is 0 Å². The molecule has 6 heteroatoms. The van der Waals surface area contributed by atoms with Crippen LogP contribution >= 0.6 is 12.4 Å². The van der Waals surface area contributed by atoms with Crippen LogP contribution in [0.25, 0.3) is 0 Å². The van der Waals surface area contributed by atoms with Gasteiger partial charge in [-0.15, -0.1) is 12.4 Å². The zero-order chi connectivity index (χ0) is 13.0. The lowest BCUT2D eigenvalue weighted by Crippen LogP contribution is -2.52. The summed E-state index contributed by atoms with van der Waals surface area (Å²) in [5, 5.41) is 2.57. The molecule has 1 saturated heterocycles. The fourth-order valence-electron chi connectivity index (χ4n) is 3.28. The van der Waals surface area contributed by atoms with Crippen LogP contribution in [0.2, 0.25) is 0 Å². The van der Waals surface area contributed by atoms with Gasteiger partial charge in [0.2, 0.25) is 11.8 Å². The number of carbonyl (C=O) groups is 2. The van der Waals surface area contributed by atoms with Crippen molar-refractivity contribution in [3.05, 3.63) is 0 Å². The van der Waals surface area contributed by atoms with Crippen molar-refractivity contribution in [3.8, 4) is 0 Å². The number of hydrogen-bond acceptors (Lipinski definition) is 3. The fraction of sp³-hybridized carbons (Fsp3) is 0.846. The van der Waals surface area contributed by atoms with Crippen molar-refractivity contribution >= 4 is 24.2 Å². The molecular formula is C13H24ClN3O2. The van der Waals surface area contributed by atoms with Crippen molar-refractivity contribution < 1.29 is 9.59 Å². The average Bonchev–Trinajstić information content (AvgIpc) is 2.43. The molecule has 2 amide bonds. The molecule has 1 saturated carbocycles. The lowest BCUT2D eigenvalue weighted by molar-refractivity contribution is -0.138. The third kappa shape index (κ3) is 4.08. The maximum Gasteiger partial charge on any atom is 0.242 e. The number of rotatable bonds is 3. The Morgan fingerprint density at radius 3 is 2.58 bits per heavy atom. The Morgan fingerprint density at radius 1 is 1.16 bits per heavy atom. The third-order valence-electron chi connectivity index (χ3n) is 4.19. The summed E-state index contributed by atoms with van der Waals surface area (Å²) in [6, 6.07) is 0.412. The fourth-order valence-corrected chi connectivity index (χ4v) is 3.28. The summed E-state index contributed by atoms with van der Waals surface area (Å²) in [5.74, 6) is 0.468. The maximum atomic E-state index is 12.1. The van der Waals surface area contributed by atoms with Crippen LogP contribution in [0.3, 0.4) is 0 Å². The molecule has 0 aromatic rings. The smallest absolute Gasteiger partial charge is 0.242 e. The van der Waals surface area contributed by atoms with Gasteiger partial charge < -0.3 is 16.0 Å². The number of hydrogen-bond donors (Lipinski definition) is 2. The molecule has 1 heterocycles. The van der Waals surface area contributed by atoms with Gasteiger partial charge in [0.05, 0.1) is 13.1 Å². The van der Waals surface area contributed by atoms with Gasteiger partial charge in [-0.3, -0.25) is 9.59 Å². The monoisotopic (exact) mass is 289 g/mol. The van der Waals surface area contributed by atoms with Crippen LogP contribution in [0.1, 0.15) is 38.5 Å². The molecule has 2 unspecified atom stereocenters. The number of fused-ring (bicyclic) bond motifs is 1. The van der Waals surface area contributed by atoms with E-state index in [1.165, 1.54) is 25.7 Å². The molecule has 2 fully saturated rings. The largest absolute Gasteiger partial charge is 0.346 e. The first kappa shape index (κ1) is 16.2. The van der Waals surface area contributed by atoms with Crippen LogP contribution in [0.15, 0.2) is 0 Å². The molecule has 2 aliphatic rings. The summed E-state index contributed by atoms with van der Waals surface area (Å²) in [5.41, 5.74) is 5.21. The van der Waals surface area contributed by atoms with Crippen LogP contribution in [-0.4, -0.2) is 42.4 Å². The molecule has 0 aromatic carbocycles. The van der Waals surface area contributed by atoms with E-state index in [1.807, 2.05) is 4.90 Å². The summed E-state index contributed by atoms with van der Waals surface area (Å²) < 4.78 is 0. The van der Waals surface area contributed by atoms with Crippen molar-refractivity contribution in [1.29, 1.82) is 0 Å². The summed E-state index contributed by atoms with van der Waals surface area (Å²) in [6.45, 7) is 0.886. The molecule has 0 spiro atoms. The molecule has 0 radical (unpaired) electrons. The predicted molar refractivity (Wildman–Crippen MR) is 76.0 cm³/mol. The Kier molecular flexibility index (Phi) is 6.58. The SMILES string of the molecule is Cl.NCC(=O)NCC(=O)N1CCCC2CCCCC21. The molecule has 3 N–H and O–H groups in total. The second-order valence-electron chi connectivity index (χ2n) is 5.32. The van der Waals surface area contributed by atoms with Gasteiger partial charge >= 0.3 is 0 Å². The van der Waals surface area contributed by atoms with Crippen molar-refractivity contribution in [1.82, 2.24) is 10.2 Å². The number of amides is 2. The number of carbonyl (C=O) groups excluding carboxylic acids is 2. The van der Waals surface area contributed by atoms with E-state index in [4.69, 9.17) is 5.73 Å². The molecule has 1 aliphatic carbocycles. The number of halogens is 1. The predicted octanol–water partition coefficient (Wildman–Crippen LogP) is 0.664. The standard InChI is InChI=1S/C13H23N3O2.ClH/c14-8-12(17)15-9-13(18)16-7-3-5-10-4-1-2-6-11(10)16;/h10-11H,1-9,14H2,(H,15,17);1H. The molecule has 1 aliphatic heterocycles. The summed E-state index contributed by atoms with van der Waals surface area (Å²) in [4.78, 5) is 25.2. The summed E-state index contributed by atoms with van der Waals surface area (Å²) in [7, 11) is 0. The number of nitrogens with zero attached hydrogens (tertiary/aromatic N) is 1. The number of likely N-dealkylation sites (tertiary alicyclic amines) is 1. The normalized spacial score (nSPS) is 26.1. The quantitative estimate of drug-likeness (QED) is 0.802. The van der Waals surface area contributed by atoms with E-state index in [0.29, 0.717) is 12.0 Å². The summed E-state index contributed by atoms with van der Waals surface area (Å²) >= 11 is 0. The van der Waals surface area contributed by atoms with E-state index in [-0.39, 0.29) is 37.3 Å². The van der Waals surface area contributed by atoms with E-state index in [0.717, 1.165) is 19.4 Å². The Morgan fingerprint density at radius 2 is 1.84 bits per heavy atom. The topological polar surface area (TPSA) is 75.4 Å². The van der Waals surface area contributed by atoms with E-state index >= 15 is 0 Å². The van der Waals surface area contributed by atoms with Gasteiger partial charge in [0.25, 0.3) is 0 Å². The van der Waals surface area contributed by atoms with Gasteiger partial charge in [-0.2, -0.15) is 0 Å². The number of nitrogens with two attached hydrogens (primary N) is 1. The highest BCUT2D eigenvalue weighted by Gasteiger charge is 2.35. The van der Waals surface area contributed by atoms with E-state index in [2.05, 4.69) is 5.32 Å². The molecule has 2 rings (SSSR count). The van der Waals surface area contributed by atoms with Crippen molar-refractivity contribution in [3.63, 3.8) is 0 Å². The molecular weight excluding hydrogens is 266 g/mol. The molecule has 110 valence electrons. The highest BCUT2D eigenvalue weighted by atomic mass is 35.5. The Bertz CT molecular complexity index is 323. The second kappa shape index (κ2) is 7.70. The molecule has 2 atom stereocenters. The van der Waals surface area contributed by atoms with Crippen molar-refractivity contribution in [2.24, 2.45) is 11.7 Å². The highest BCUT2D eigenvalue weighted by Crippen LogP contribution is 2.35. The molecule has 5 nitrogen and oxygen atoms in total. The van der Waals surface area contributed by atoms with Gasteiger partial charge in [-0.05, 0) is 31.6 Å². The Labute approximate surface area is 120 Å². The molecule has 0 aromatic heterocycles. The highest BCUT2D eigenvalue weighted by molar-refractivity contribution is 5.86. The van der Waals surface area contributed by atoms with Crippen LogP contribution in [0.5, 0.6) is 0 Å². The first-order chi connectivity index (χ1) is 8.72. The first-order valence-corrected chi connectivity index (χ1v) is 6.98. The maximum absolute atomic E-state index is 12.1. The third-order valence-corrected chi connectivity index (χ3v) is 4.19. The van der Waals surface area contributed by atoms with Crippen LogP contribution in [0, 0.1) is 5.92 Å². The first-order valence-electron chi connectivity index (χ1n) is 6.98. The zero-order valence-electron chi connectivity index (χ0n) is 11.3. The zero-order valence-corrected chi connectivity index (χ0v) is 12.1. The lowest BCUT2D eigenvalue weighted by Gasteiger charge is -2.44. The van der Waals surface area contributed by atoms with Crippen LogP contribution in [0.4, 0.5) is 0 Å². The minimum absolute atomic E-state index is 0. The second-order valence-corrected chi connectivity index (χ2v) is 5.32. The average molecular weight is 290 g/mol. The Hall–Kier alpha value is -0.810. The van der Waals surface area contributed by atoms with Crippen LogP contribution in [-0.2, 0) is 9.59 Å². The number of nitrogens with one attached hydrogen (secondary N) is 1. The Balaban J connectivity index is 0.00000180. The number of piperidine rings is 1. The van der Waals surface area contributed by atoms with Gasteiger partial charge in [0, 0.05) is 12.6 Å². The van der Waals surface area contributed by atoms with E-state index in [1.54, 1.807) is 0 Å². The minimum Gasteiger partial charge on any atom is -0.346 e. The van der Waals surface area contributed by atoms with Gasteiger partial charge in [0.15, 0.2) is 0 Å². The summed E-state index contributed by atoms with van der Waals surface area (Å²) in [6.07, 6.45) is 7.25. The van der Waals surface area contributed by atoms with Gasteiger partial charge in [-0.25, -0.2) is 0 Å². The molecule has 19 heavy (non-hydrogen) atoms.